The van der Waals surface area contributed by atoms with E-state index >= 15 is 0 Å². The molecule has 90 valence electrons. The number of benzene rings is 1. The zero-order valence-corrected chi connectivity index (χ0v) is 10.5. The molecular formula is C13H21FN2. The van der Waals surface area contributed by atoms with Crippen LogP contribution in [-0.2, 0) is 0 Å². The molecular weight excluding hydrogens is 203 g/mol. The molecule has 2 nitrogen and oxygen atoms in total. The van der Waals surface area contributed by atoms with E-state index in [-0.39, 0.29) is 17.3 Å². The van der Waals surface area contributed by atoms with Gasteiger partial charge in [-0.25, -0.2) is 4.39 Å². The van der Waals surface area contributed by atoms with Gasteiger partial charge in [-0.15, -0.1) is 0 Å². The normalized spacial score (nSPS) is 13.9. The van der Waals surface area contributed by atoms with Crippen LogP contribution in [0.1, 0.15) is 44.4 Å². The van der Waals surface area contributed by atoms with Crippen LogP contribution in [0.25, 0.3) is 0 Å². The summed E-state index contributed by atoms with van der Waals surface area (Å²) in [6, 6.07) is 4.98. The van der Waals surface area contributed by atoms with E-state index in [0.29, 0.717) is 5.56 Å². The Morgan fingerprint density at radius 1 is 1.38 bits per heavy atom. The van der Waals surface area contributed by atoms with Crippen molar-refractivity contribution in [3.63, 3.8) is 0 Å². The fourth-order valence-electron chi connectivity index (χ4n) is 1.80. The highest BCUT2D eigenvalue weighted by atomic mass is 19.1. The monoisotopic (exact) mass is 224 g/mol. The topological polar surface area (TPSA) is 38.0 Å². The second kappa shape index (κ2) is 4.93. The maximum atomic E-state index is 13.7. The van der Waals surface area contributed by atoms with E-state index in [1.807, 2.05) is 13.0 Å². The summed E-state index contributed by atoms with van der Waals surface area (Å²) in [5, 5.41) is 0. The molecule has 0 aliphatic rings. The molecule has 0 aliphatic heterocycles. The Morgan fingerprint density at radius 3 is 2.50 bits per heavy atom. The fraction of sp³-hybridized carbons (Fsp3) is 0.538. The molecule has 0 radical (unpaired) electrons. The van der Waals surface area contributed by atoms with E-state index < -0.39 is 0 Å². The van der Waals surface area contributed by atoms with Crippen molar-refractivity contribution in [1.29, 1.82) is 0 Å². The van der Waals surface area contributed by atoms with Crippen molar-refractivity contribution in [2.45, 2.75) is 40.2 Å². The Labute approximate surface area is 97.0 Å². The summed E-state index contributed by atoms with van der Waals surface area (Å²) < 4.78 is 13.7. The van der Waals surface area contributed by atoms with Crippen LogP contribution in [0.4, 0.5) is 4.39 Å². The van der Waals surface area contributed by atoms with Crippen LogP contribution in [0.5, 0.6) is 0 Å². The lowest BCUT2D eigenvalue weighted by Crippen LogP contribution is -2.31. The number of rotatable bonds is 3. The average Bonchev–Trinajstić information content (AvgIpc) is 2.17. The Morgan fingerprint density at radius 2 is 2.00 bits per heavy atom. The van der Waals surface area contributed by atoms with Crippen LogP contribution in [0.3, 0.4) is 0 Å². The number of nitrogens with one attached hydrogen (secondary N) is 1. The molecule has 0 aromatic heterocycles. The summed E-state index contributed by atoms with van der Waals surface area (Å²) in [6.07, 6.45) is 0.796. The SMILES string of the molecule is Cc1ccc(F)c(C(CC(C)(C)C)NN)c1. The summed E-state index contributed by atoms with van der Waals surface area (Å²) in [5.41, 5.74) is 4.50. The van der Waals surface area contributed by atoms with E-state index in [1.54, 1.807) is 6.07 Å². The number of nitrogens with two attached hydrogens (primary N) is 1. The molecule has 0 amide bonds. The fourth-order valence-corrected chi connectivity index (χ4v) is 1.80. The van der Waals surface area contributed by atoms with Crippen LogP contribution in [0.15, 0.2) is 18.2 Å². The second-order valence-corrected chi connectivity index (χ2v) is 5.51. The van der Waals surface area contributed by atoms with Crippen LogP contribution >= 0.6 is 0 Å². The molecule has 1 atom stereocenters. The molecule has 0 aliphatic carbocycles. The minimum Gasteiger partial charge on any atom is -0.271 e. The van der Waals surface area contributed by atoms with E-state index in [1.165, 1.54) is 6.07 Å². The van der Waals surface area contributed by atoms with Gasteiger partial charge in [0, 0.05) is 11.6 Å². The first-order chi connectivity index (χ1) is 7.33. The van der Waals surface area contributed by atoms with Crippen LogP contribution in [-0.4, -0.2) is 0 Å². The van der Waals surface area contributed by atoms with Crippen molar-refractivity contribution in [3.8, 4) is 0 Å². The van der Waals surface area contributed by atoms with Crippen molar-refractivity contribution < 1.29 is 4.39 Å². The second-order valence-electron chi connectivity index (χ2n) is 5.51. The number of hydrazine groups is 1. The molecule has 1 unspecified atom stereocenters. The molecule has 1 aromatic rings. The molecule has 0 saturated carbocycles. The number of halogens is 1. The maximum Gasteiger partial charge on any atom is 0.128 e. The first-order valence-electron chi connectivity index (χ1n) is 5.55. The summed E-state index contributed by atoms with van der Waals surface area (Å²) in [7, 11) is 0. The van der Waals surface area contributed by atoms with Gasteiger partial charge in [-0.05, 0) is 24.8 Å². The molecule has 16 heavy (non-hydrogen) atoms. The Kier molecular flexibility index (Phi) is 4.05. The Bertz CT molecular complexity index is 355. The molecule has 0 fully saturated rings. The summed E-state index contributed by atoms with van der Waals surface area (Å²) in [4.78, 5) is 0. The molecule has 3 heteroatoms. The van der Waals surface area contributed by atoms with Gasteiger partial charge in [0.05, 0.1) is 0 Å². The van der Waals surface area contributed by atoms with Crippen LogP contribution in [0.2, 0.25) is 0 Å². The standard InChI is InChI=1S/C13H21FN2/c1-9-5-6-11(14)10(7-9)12(16-15)8-13(2,3)4/h5-7,12,16H,8,15H2,1-4H3. The summed E-state index contributed by atoms with van der Waals surface area (Å²) >= 11 is 0. The summed E-state index contributed by atoms with van der Waals surface area (Å²) in [5.74, 6) is 5.32. The minimum atomic E-state index is -0.196. The van der Waals surface area contributed by atoms with Crippen molar-refractivity contribution in [3.05, 3.63) is 35.1 Å². The first-order valence-corrected chi connectivity index (χ1v) is 5.55. The first kappa shape index (κ1) is 13.1. The number of aryl methyl sites for hydroxylation is 1. The lowest BCUT2D eigenvalue weighted by atomic mass is 9.85. The quantitative estimate of drug-likeness (QED) is 0.611. The predicted octanol–water partition coefficient (Wildman–Crippen LogP) is 3.07. The van der Waals surface area contributed by atoms with E-state index in [2.05, 4.69) is 26.2 Å². The molecule has 0 heterocycles. The van der Waals surface area contributed by atoms with Gasteiger partial charge in [0.2, 0.25) is 0 Å². The van der Waals surface area contributed by atoms with Gasteiger partial charge >= 0.3 is 0 Å². The van der Waals surface area contributed by atoms with Gasteiger partial charge in [-0.3, -0.25) is 11.3 Å². The zero-order valence-electron chi connectivity index (χ0n) is 10.5. The lowest BCUT2D eigenvalue weighted by Gasteiger charge is -2.26. The maximum absolute atomic E-state index is 13.7. The summed E-state index contributed by atoms with van der Waals surface area (Å²) in [6.45, 7) is 8.30. The van der Waals surface area contributed by atoms with Crippen molar-refractivity contribution in [2.75, 3.05) is 0 Å². The van der Waals surface area contributed by atoms with Crippen molar-refractivity contribution in [1.82, 2.24) is 5.43 Å². The smallest absolute Gasteiger partial charge is 0.128 e. The minimum absolute atomic E-state index is 0.104. The number of hydrogen-bond acceptors (Lipinski definition) is 2. The van der Waals surface area contributed by atoms with E-state index in [9.17, 15) is 4.39 Å². The Hall–Kier alpha value is -0.930. The lowest BCUT2D eigenvalue weighted by molar-refractivity contribution is 0.309. The van der Waals surface area contributed by atoms with Gasteiger partial charge in [0.25, 0.3) is 0 Å². The van der Waals surface area contributed by atoms with E-state index in [4.69, 9.17) is 5.84 Å². The highest BCUT2D eigenvalue weighted by molar-refractivity contribution is 5.27. The van der Waals surface area contributed by atoms with Gasteiger partial charge in [-0.2, -0.15) is 0 Å². The van der Waals surface area contributed by atoms with E-state index in [0.717, 1.165) is 12.0 Å². The molecule has 0 bridgehead atoms. The zero-order chi connectivity index (χ0) is 12.3. The third-order valence-electron chi connectivity index (χ3n) is 2.54. The Balaban J connectivity index is 2.99. The highest BCUT2D eigenvalue weighted by Crippen LogP contribution is 2.30. The predicted molar refractivity (Wildman–Crippen MR) is 65.3 cm³/mol. The average molecular weight is 224 g/mol. The molecule has 3 N–H and O–H groups in total. The van der Waals surface area contributed by atoms with Gasteiger partial charge < -0.3 is 0 Å². The van der Waals surface area contributed by atoms with Crippen molar-refractivity contribution >= 4 is 0 Å². The third-order valence-corrected chi connectivity index (χ3v) is 2.54. The molecule has 0 spiro atoms. The molecule has 1 aromatic carbocycles. The highest BCUT2D eigenvalue weighted by Gasteiger charge is 2.21. The van der Waals surface area contributed by atoms with Gasteiger partial charge in [0.15, 0.2) is 0 Å². The van der Waals surface area contributed by atoms with Gasteiger partial charge in [-0.1, -0.05) is 38.5 Å². The van der Waals surface area contributed by atoms with Crippen molar-refractivity contribution in [2.24, 2.45) is 11.3 Å². The third kappa shape index (κ3) is 3.58. The molecule has 0 saturated heterocycles. The largest absolute Gasteiger partial charge is 0.271 e. The van der Waals surface area contributed by atoms with Crippen LogP contribution in [0, 0.1) is 18.2 Å². The van der Waals surface area contributed by atoms with Crippen LogP contribution < -0.4 is 11.3 Å². The number of hydrogen-bond donors (Lipinski definition) is 2. The van der Waals surface area contributed by atoms with Gasteiger partial charge in [0.1, 0.15) is 5.82 Å². The molecule has 1 rings (SSSR count).